The number of aryl methyl sites for hydroxylation is 1. The second-order valence-corrected chi connectivity index (χ2v) is 13.0. The second kappa shape index (κ2) is 10.1. The molecule has 9 nitrogen and oxygen atoms in total. The number of hydrogen-bond donors (Lipinski definition) is 2. The first-order valence-electron chi connectivity index (χ1n) is 11.6. The van der Waals surface area contributed by atoms with Gasteiger partial charge in [-0.3, -0.25) is 9.52 Å². The van der Waals surface area contributed by atoms with Crippen molar-refractivity contribution in [1.82, 2.24) is 9.55 Å². The van der Waals surface area contributed by atoms with E-state index in [0.717, 1.165) is 24.5 Å². The highest BCUT2D eigenvalue weighted by Crippen LogP contribution is 2.38. The van der Waals surface area contributed by atoms with Gasteiger partial charge >= 0.3 is 0 Å². The second-order valence-electron chi connectivity index (χ2n) is 8.97. The fourth-order valence-corrected chi connectivity index (χ4v) is 6.41. The maximum absolute atomic E-state index is 13.4. The number of aromatic nitrogens is 2. The van der Waals surface area contributed by atoms with Crippen molar-refractivity contribution in [2.75, 3.05) is 11.0 Å². The third kappa shape index (κ3) is 5.33. The number of benzene rings is 3. The summed E-state index contributed by atoms with van der Waals surface area (Å²) in [6.07, 6.45) is 4.28. The van der Waals surface area contributed by atoms with Gasteiger partial charge in [-0.15, -0.1) is 0 Å². The summed E-state index contributed by atoms with van der Waals surface area (Å²) in [5, 5.41) is 0.292. The molecule has 2 N–H and O–H groups in total. The lowest BCUT2D eigenvalue weighted by molar-refractivity contribution is 0.484. The van der Waals surface area contributed by atoms with Crippen LogP contribution in [0.25, 0.3) is 22.0 Å². The standard InChI is InChI=1S/C27H21ClFN3O6S2/c1-32-15-22(20-10-11-30-26(20)27(32)33)21-14-19(39(2,34)35)7-8-24(21)38-18-5-3-4-17(13-18)31-40(36,37)25-9-6-16(29)12-23(25)28/h3-15,30-31H,1-2H3. The van der Waals surface area contributed by atoms with Crippen molar-refractivity contribution < 1.29 is 26.0 Å². The normalized spacial score (nSPS) is 12.0. The Morgan fingerprint density at radius 3 is 2.48 bits per heavy atom. The van der Waals surface area contributed by atoms with Gasteiger partial charge in [0, 0.05) is 48.3 Å². The molecule has 2 aromatic heterocycles. The molecule has 0 saturated carbocycles. The monoisotopic (exact) mass is 601 g/mol. The number of pyridine rings is 1. The predicted molar refractivity (Wildman–Crippen MR) is 151 cm³/mol. The molecule has 0 aliphatic heterocycles. The fraction of sp³-hybridized carbons (Fsp3) is 0.0741. The van der Waals surface area contributed by atoms with Gasteiger partial charge in [0.05, 0.1) is 15.6 Å². The number of fused-ring (bicyclic) bond motifs is 1. The maximum atomic E-state index is 13.4. The molecule has 0 aliphatic carbocycles. The van der Waals surface area contributed by atoms with Crippen molar-refractivity contribution in [3.63, 3.8) is 0 Å². The smallest absolute Gasteiger partial charge is 0.274 e. The largest absolute Gasteiger partial charge is 0.457 e. The zero-order valence-electron chi connectivity index (χ0n) is 21.0. The summed E-state index contributed by atoms with van der Waals surface area (Å²) in [4.78, 5) is 15.2. The minimum Gasteiger partial charge on any atom is -0.457 e. The number of nitrogens with zero attached hydrogens (tertiary/aromatic N) is 1. The number of rotatable bonds is 7. The van der Waals surface area contributed by atoms with E-state index in [1.807, 2.05) is 0 Å². The Balaban J connectivity index is 1.57. The summed E-state index contributed by atoms with van der Waals surface area (Å²) in [6.45, 7) is 0. The number of nitrogens with one attached hydrogen (secondary N) is 2. The predicted octanol–water partition coefficient (Wildman–Crippen LogP) is 5.32. The van der Waals surface area contributed by atoms with Gasteiger partial charge in [-0.2, -0.15) is 0 Å². The van der Waals surface area contributed by atoms with E-state index >= 15 is 0 Å². The molecule has 0 radical (unpaired) electrons. The molecule has 0 bridgehead atoms. The zero-order chi connectivity index (χ0) is 28.8. The van der Waals surface area contributed by atoms with Gasteiger partial charge in [-0.1, -0.05) is 17.7 Å². The van der Waals surface area contributed by atoms with Crippen molar-refractivity contribution in [3.8, 4) is 22.6 Å². The first-order chi connectivity index (χ1) is 18.8. The molecule has 13 heteroatoms. The number of sulfonamides is 1. The molecule has 3 aromatic carbocycles. The van der Waals surface area contributed by atoms with E-state index in [4.69, 9.17) is 16.3 Å². The van der Waals surface area contributed by atoms with Gasteiger partial charge in [0.25, 0.3) is 15.6 Å². The minimum atomic E-state index is -4.16. The zero-order valence-corrected chi connectivity index (χ0v) is 23.4. The summed E-state index contributed by atoms with van der Waals surface area (Å²) in [7, 11) is -6.16. The lowest BCUT2D eigenvalue weighted by atomic mass is 10.0. The number of halogens is 2. The molecule has 2 heterocycles. The average Bonchev–Trinajstić information content (AvgIpc) is 3.36. The van der Waals surface area contributed by atoms with Crippen molar-refractivity contribution in [3.05, 3.63) is 100 Å². The van der Waals surface area contributed by atoms with Crippen LogP contribution in [0.3, 0.4) is 0 Å². The summed E-state index contributed by atoms with van der Waals surface area (Å²) < 4.78 is 73.8. The van der Waals surface area contributed by atoms with E-state index in [1.165, 1.54) is 34.9 Å². The van der Waals surface area contributed by atoms with Crippen LogP contribution < -0.4 is 15.0 Å². The molecular weight excluding hydrogens is 581 g/mol. The number of anilines is 1. The van der Waals surface area contributed by atoms with Crippen LogP contribution in [-0.2, 0) is 26.9 Å². The molecule has 0 unspecified atom stereocenters. The van der Waals surface area contributed by atoms with E-state index in [-0.39, 0.29) is 37.6 Å². The van der Waals surface area contributed by atoms with E-state index in [2.05, 4.69) is 9.71 Å². The van der Waals surface area contributed by atoms with Crippen LogP contribution in [0.2, 0.25) is 5.02 Å². The van der Waals surface area contributed by atoms with Crippen molar-refractivity contribution in [2.24, 2.45) is 7.05 Å². The molecule has 0 aliphatic rings. The van der Waals surface area contributed by atoms with E-state index in [0.29, 0.717) is 22.0 Å². The first-order valence-corrected chi connectivity index (χ1v) is 15.4. The van der Waals surface area contributed by atoms with Crippen LogP contribution in [0.15, 0.2) is 93.7 Å². The summed E-state index contributed by atoms with van der Waals surface area (Å²) in [6, 6.07) is 15.1. The van der Waals surface area contributed by atoms with Crippen LogP contribution in [0, 0.1) is 5.82 Å². The Morgan fingerprint density at radius 2 is 1.75 bits per heavy atom. The van der Waals surface area contributed by atoms with Crippen LogP contribution in [0.5, 0.6) is 11.5 Å². The lowest BCUT2D eigenvalue weighted by Crippen LogP contribution is -2.16. The molecule has 0 saturated heterocycles. The summed E-state index contributed by atoms with van der Waals surface area (Å²) in [5.41, 5.74) is 1.16. The third-order valence-electron chi connectivity index (χ3n) is 6.06. The van der Waals surface area contributed by atoms with E-state index in [9.17, 15) is 26.0 Å². The highest BCUT2D eigenvalue weighted by Gasteiger charge is 2.20. The SMILES string of the molecule is Cn1cc(-c2cc(S(C)(=O)=O)ccc2Oc2cccc(NS(=O)(=O)c3ccc(F)cc3Cl)c2)c2cc[nH]c2c1=O. The van der Waals surface area contributed by atoms with Gasteiger partial charge in [-0.25, -0.2) is 21.2 Å². The first kappa shape index (κ1) is 27.4. The van der Waals surface area contributed by atoms with E-state index in [1.54, 1.807) is 37.6 Å². The Kier molecular flexibility index (Phi) is 6.94. The molecule has 0 spiro atoms. The Hall–Kier alpha value is -4.13. The van der Waals surface area contributed by atoms with E-state index < -0.39 is 25.7 Å². The van der Waals surface area contributed by atoms with Crippen LogP contribution in [-0.4, -0.2) is 32.6 Å². The van der Waals surface area contributed by atoms with Gasteiger partial charge in [0.2, 0.25) is 0 Å². The van der Waals surface area contributed by atoms with Gasteiger partial charge in [0.1, 0.15) is 27.7 Å². The number of hydrogen-bond acceptors (Lipinski definition) is 6. The number of ether oxygens (including phenoxy) is 1. The number of aromatic amines is 1. The molecule has 5 rings (SSSR count). The maximum Gasteiger partial charge on any atom is 0.274 e. The Morgan fingerprint density at radius 1 is 0.975 bits per heavy atom. The molecule has 0 atom stereocenters. The molecule has 206 valence electrons. The van der Waals surface area contributed by atoms with Gasteiger partial charge in [-0.05, 0) is 54.6 Å². The number of sulfone groups is 1. The van der Waals surface area contributed by atoms with Crippen LogP contribution in [0.1, 0.15) is 0 Å². The molecule has 40 heavy (non-hydrogen) atoms. The third-order valence-corrected chi connectivity index (χ3v) is 9.04. The molecule has 0 fully saturated rings. The Bertz CT molecular complexity index is 2070. The molecule has 5 aromatic rings. The number of H-pyrrole nitrogens is 1. The topological polar surface area (TPSA) is 127 Å². The van der Waals surface area contributed by atoms with Gasteiger partial charge in [0.15, 0.2) is 9.84 Å². The highest BCUT2D eigenvalue weighted by atomic mass is 35.5. The summed E-state index contributed by atoms with van der Waals surface area (Å²) >= 11 is 5.94. The molecule has 0 amide bonds. The minimum absolute atomic E-state index is 0.0464. The van der Waals surface area contributed by atoms with Crippen molar-refractivity contribution in [1.29, 1.82) is 0 Å². The Labute approximate surface area is 233 Å². The molecular formula is C27H21ClFN3O6S2. The van der Waals surface area contributed by atoms with Crippen LogP contribution in [0.4, 0.5) is 10.1 Å². The fourth-order valence-electron chi connectivity index (χ4n) is 4.18. The van der Waals surface area contributed by atoms with Crippen LogP contribution >= 0.6 is 11.6 Å². The van der Waals surface area contributed by atoms with Crippen molar-refractivity contribution >= 4 is 48.1 Å². The summed E-state index contributed by atoms with van der Waals surface area (Å²) in [5.74, 6) is -0.184. The average molecular weight is 602 g/mol. The van der Waals surface area contributed by atoms with Crippen molar-refractivity contribution in [2.45, 2.75) is 9.79 Å². The van der Waals surface area contributed by atoms with Gasteiger partial charge < -0.3 is 14.3 Å². The quantitative estimate of drug-likeness (QED) is 0.260. The lowest BCUT2D eigenvalue weighted by Gasteiger charge is -2.16. The highest BCUT2D eigenvalue weighted by molar-refractivity contribution is 7.92.